The van der Waals surface area contributed by atoms with Gasteiger partial charge >= 0.3 is 5.97 Å². The summed E-state index contributed by atoms with van der Waals surface area (Å²) in [6.45, 7) is 3.60. The lowest BCUT2D eigenvalue weighted by molar-refractivity contribution is -0.145. The van der Waals surface area contributed by atoms with Gasteiger partial charge in [0.25, 0.3) is 0 Å². The van der Waals surface area contributed by atoms with Crippen molar-refractivity contribution >= 4 is 39.8 Å². The van der Waals surface area contributed by atoms with Crippen LogP contribution in [0.4, 0.5) is 5.69 Å². The second-order valence-corrected chi connectivity index (χ2v) is 7.04. The van der Waals surface area contributed by atoms with E-state index in [2.05, 4.69) is 27.8 Å². The molecular formula is C18H14INO4. The molecule has 0 aliphatic carbocycles. The molecule has 0 spiro atoms. The largest absolute Gasteiger partial charge is 0.449 e. The first kappa shape index (κ1) is 16.6. The smallest absolute Gasteiger partial charge is 0.375 e. The van der Waals surface area contributed by atoms with E-state index in [1.54, 1.807) is 50.2 Å². The predicted octanol–water partition coefficient (Wildman–Crippen LogP) is 4.81. The summed E-state index contributed by atoms with van der Waals surface area (Å²) < 4.78 is 12.3. The molecule has 1 aliphatic heterocycles. The molecule has 0 unspecified atom stereocenters. The van der Waals surface area contributed by atoms with Gasteiger partial charge in [0.2, 0.25) is 5.76 Å². The minimum absolute atomic E-state index is 0.160. The zero-order valence-electron chi connectivity index (χ0n) is 13.1. The zero-order chi connectivity index (χ0) is 17.3. The van der Waals surface area contributed by atoms with Crippen molar-refractivity contribution in [2.45, 2.75) is 19.4 Å². The van der Waals surface area contributed by atoms with Crippen LogP contribution < -0.4 is 4.74 Å². The highest BCUT2D eigenvalue weighted by Gasteiger charge is 2.43. The molecule has 122 valence electrons. The Morgan fingerprint density at radius 3 is 2.25 bits per heavy atom. The van der Waals surface area contributed by atoms with E-state index in [-0.39, 0.29) is 5.76 Å². The van der Waals surface area contributed by atoms with Gasteiger partial charge in [0.05, 0.1) is 5.57 Å². The van der Waals surface area contributed by atoms with Crippen molar-refractivity contribution in [3.8, 4) is 5.75 Å². The van der Waals surface area contributed by atoms with Gasteiger partial charge < -0.3 is 9.47 Å². The summed E-state index contributed by atoms with van der Waals surface area (Å²) in [4.78, 5) is 22.9. The van der Waals surface area contributed by atoms with E-state index < -0.39 is 11.6 Å². The molecule has 0 saturated heterocycles. The molecular weight excluding hydrogens is 421 g/mol. The first-order chi connectivity index (χ1) is 11.4. The number of hydrogen-bond acceptors (Lipinski definition) is 5. The summed E-state index contributed by atoms with van der Waals surface area (Å²) in [5, 5.41) is 2.89. The molecule has 0 fully saturated rings. The van der Waals surface area contributed by atoms with Crippen LogP contribution in [0.1, 0.15) is 19.4 Å². The summed E-state index contributed by atoms with van der Waals surface area (Å²) in [6.07, 6.45) is 0. The molecule has 0 radical (unpaired) electrons. The number of halogens is 1. The minimum atomic E-state index is -0.828. The Labute approximate surface area is 152 Å². The Hall–Kier alpha value is -2.22. The number of carbonyl (C=O) groups is 1. The maximum absolute atomic E-state index is 12.3. The maximum atomic E-state index is 12.3. The number of benzene rings is 2. The average molecular weight is 435 g/mol. The van der Waals surface area contributed by atoms with Crippen molar-refractivity contribution in [3.63, 3.8) is 0 Å². The molecule has 5 nitrogen and oxygen atoms in total. The topological polar surface area (TPSA) is 65.0 Å². The molecule has 6 heteroatoms. The molecule has 2 aromatic rings. The van der Waals surface area contributed by atoms with E-state index in [1.807, 2.05) is 12.1 Å². The molecule has 0 amide bonds. The van der Waals surface area contributed by atoms with Crippen LogP contribution in [0.3, 0.4) is 0 Å². The number of nitrogens with zero attached hydrogens (tertiary/aromatic N) is 1. The fourth-order valence-electron chi connectivity index (χ4n) is 2.59. The second kappa shape index (κ2) is 6.35. The quantitative estimate of drug-likeness (QED) is 0.393. The molecule has 3 rings (SSSR count). The molecule has 0 atom stereocenters. The van der Waals surface area contributed by atoms with E-state index in [1.165, 1.54) is 0 Å². The lowest BCUT2D eigenvalue weighted by atomic mass is 9.91. The van der Waals surface area contributed by atoms with Crippen LogP contribution in [0.2, 0.25) is 0 Å². The van der Waals surface area contributed by atoms with Crippen molar-refractivity contribution < 1.29 is 14.3 Å². The van der Waals surface area contributed by atoms with Crippen molar-refractivity contribution in [1.82, 2.24) is 0 Å². The van der Waals surface area contributed by atoms with Crippen LogP contribution in [0.25, 0.3) is 5.57 Å². The summed E-state index contributed by atoms with van der Waals surface area (Å²) in [7, 11) is 0. The van der Waals surface area contributed by atoms with E-state index in [4.69, 9.17) is 9.47 Å². The summed E-state index contributed by atoms with van der Waals surface area (Å²) >= 11 is 2.20. The highest BCUT2D eigenvalue weighted by molar-refractivity contribution is 14.1. The molecule has 0 aromatic heterocycles. The van der Waals surface area contributed by atoms with Crippen LogP contribution in [-0.4, -0.2) is 11.6 Å². The SMILES string of the molecule is CC1(C)OC(=O)C(Oc2ccc(I)cc2)=C1c1ccc(N=O)cc1. The first-order valence-electron chi connectivity index (χ1n) is 7.26. The number of esters is 1. The highest BCUT2D eigenvalue weighted by Crippen LogP contribution is 2.40. The van der Waals surface area contributed by atoms with Crippen molar-refractivity contribution in [2.75, 3.05) is 0 Å². The number of hydrogen-bond donors (Lipinski definition) is 0. The molecule has 1 heterocycles. The lowest BCUT2D eigenvalue weighted by Crippen LogP contribution is -2.22. The standard InChI is InChI=1S/C18H14INO4/c1-18(2)15(11-3-7-13(20-22)8-4-11)16(17(21)24-18)23-14-9-5-12(19)6-10-14/h3-10H,1-2H3. The van der Waals surface area contributed by atoms with E-state index in [0.29, 0.717) is 17.0 Å². The number of cyclic esters (lactones) is 1. The number of rotatable bonds is 4. The van der Waals surface area contributed by atoms with Crippen LogP contribution >= 0.6 is 22.6 Å². The molecule has 2 aromatic carbocycles. The molecule has 24 heavy (non-hydrogen) atoms. The average Bonchev–Trinajstić information content (AvgIpc) is 2.78. The Morgan fingerprint density at radius 2 is 1.67 bits per heavy atom. The van der Waals surface area contributed by atoms with Crippen LogP contribution in [0, 0.1) is 8.48 Å². The van der Waals surface area contributed by atoms with Gasteiger partial charge in [-0.2, -0.15) is 0 Å². The van der Waals surface area contributed by atoms with E-state index >= 15 is 0 Å². The normalized spacial score (nSPS) is 16.0. The summed E-state index contributed by atoms with van der Waals surface area (Å²) in [5.41, 5.74) is 0.885. The molecule has 0 saturated carbocycles. The fourth-order valence-corrected chi connectivity index (χ4v) is 2.95. The van der Waals surface area contributed by atoms with Gasteiger partial charge in [-0.3, -0.25) is 0 Å². The summed E-state index contributed by atoms with van der Waals surface area (Å²) in [6, 6.07) is 14.0. The fraction of sp³-hybridized carbons (Fsp3) is 0.167. The van der Waals surface area contributed by atoms with Gasteiger partial charge in [-0.25, -0.2) is 4.79 Å². The molecule has 0 bridgehead atoms. The van der Waals surface area contributed by atoms with Gasteiger partial charge in [0.15, 0.2) is 0 Å². The van der Waals surface area contributed by atoms with Crippen LogP contribution in [-0.2, 0) is 9.53 Å². The van der Waals surface area contributed by atoms with E-state index in [0.717, 1.165) is 9.13 Å². The third kappa shape index (κ3) is 3.19. The van der Waals surface area contributed by atoms with E-state index in [9.17, 15) is 9.70 Å². The van der Waals surface area contributed by atoms with Gasteiger partial charge in [-0.1, -0.05) is 12.1 Å². The number of nitroso groups, excluding NO2 is 1. The Kier molecular flexibility index (Phi) is 4.40. The van der Waals surface area contributed by atoms with Crippen molar-refractivity contribution in [1.29, 1.82) is 0 Å². The third-order valence-electron chi connectivity index (χ3n) is 3.66. The van der Waals surface area contributed by atoms with Gasteiger partial charge in [0.1, 0.15) is 17.0 Å². The summed E-state index contributed by atoms with van der Waals surface area (Å²) in [5.74, 6) is 0.211. The lowest BCUT2D eigenvalue weighted by Gasteiger charge is -2.20. The van der Waals surface area contributed by atoms with Crippen LogP contribution in [0.5, 0.6) is 5.75 Å². The Bertz CT molecular complexity index is 823. The molecule has 0 N–H and O–H groups in total. The third-order valence-corrected chi connectivity index (χ3v) is 4.38. The van der Waals surface area contributed by atoms with Crippen LogP contribution in [0.15, 0.2) is 59.5 Å². The predicted molar refractivity (Wildman–Crippen MR) is 98.8 cm³/mol. The minimum Gasteiger partial charge on any atom is -0.449 e. The number of ether oxygens (including phenoxy) is 2. The van der Waals surface area contributed by atoms with Gasteiger partial charge in [-0.05, 0) is 83.6 Å². The van der Waals surface area contributed by atoms with Gasteiger partial charge in [0, 0.05) is 3.57 Å². The zero-order valence-corrected chi connectivity index (χ0v) is 15.2. The Balaban J connectivity index is 2.06. The maximum Gasteiger partial charge on any atom is 0.375 e. The second-order valence-electron chi connectivity index (χ2n) is 5.80. The van der Waals surface area contributed by atoms with Crippen molar-refractivity contribution in [3.05, 3.63) is 68.3 Å². The monoisotopic (exact) mass is 435 g/mol. The molecule has 1 aliphatic rings. The Morgan fingerprint density at radius 1 is 1.04 bits per heavy atom. The highest BCUT2D eigenvalue weighted by atomic mass is 127. The van der Waals surface area contributed by atoms with Gasteiger partial charge in [-0.15, -0.1) is 4.91 Å². The van der Waals surface area contributed by atoms with Crippen molar-refractivity contribution in [2.24, 2.45) is 5.18 Å². The first-order valence-corrected chi connectivity index (χ1v) is 8.34. The number of carbonyl (C=O) groups excluding carboxylic acids is 1.